The van der Waals surface area contributed by atoms with Gasteiger partial charge in [0.05, 0.1) is 5.60 Å². The first-order valence-corrected chi connectivity index (χ1v) is 6.27. The Morgan fingerprint density at radius 3 is 2.27 bits per heavy atom. The molecule has 15 heavy (non-hydrogen) atoms. The van der Waals surface area contributed by atoms with Crippen molar-refractivity contribution < 1.29 is 4.74 Å². The van der Waals surface area contributed by atoms with E-state index < -0.39 is 0 Å². The molecule has 1 unspecified atom stereocenters. The zero-order valence-corrected chi connectivity index (χ0v) is 11.0. The van der Waals surface area contributed by atoms with Crippen LogP contribution in [0.25, 0.3) is 0 Å². The number of ether oxygens (including phenoxy) is 1. The minimum absolute atomic E-state index is 0.0526. The molecule has 2 N–H and O–H groups in total. The van der Waals surface area contributed by atoms with Gasteiger partial charge in [-0.05, 0) is 39.2 Å². The molecule has 92 valence electrons. The van der Waals surface area contributed by atoms with Crippen molar-refractivity contribution in [3.05, 3.63) is 0 Å². The topological polar surface area (TPSA) is 35.2 Å². The second-order valence-corrected chi connectivity index (χ2v) is 5.25. The maximum atomic E-state index is 5.47. The molecule has 0 aromatic rings. The number of unbranched alkanes of at least 4 members (excludes halogenated alkanes) is 1. The Balaban J connectivity index is 3.42. The average molecular weight is 215 g/mol. The normalized spacial score (nSPS) is 14.2. The molecule has 2 heteroatoms. The molecular weight excluding hydrogens is 186 g/mol. The number of nitrogens with two attached hydrogens (primary N) is 1. The molecule has 0 fully saturated rings. The average Bonchev–Trinajstić information content (AvgIpc) is 2.18. The van der Waals surface area contributed by atoms with Gasteiger partial charge in [0.2, 0.25) is 0 Å². The van der Waals surface area contributed by atoms with E-state index in [2.05, 4.69) is 20.8 Å². The lowest BCUT2D eigenvalue weighted by Gasteiger charge is -2.23. The third-order valence-corrected chi connectivity index (χ3v) is 3.18. The Kier molecular flexibility index (Phi) is 8.07. The highest BCUT2D eigenvalue weighted by atomic mass is 16.5. The van der Waals surface area contributed by atoms with E-state index in [-0.39, 0.29) is 5.60 Å². The van der Waals surface area contributed by atoms with E-state index in [1.54, 1.807) is 7.11 Å². The maximum Gasteiger partial charge on any atom is 0.0622 e. The predicted molar refractivity (Wildman–Crippen MR) is 67.0 cm³/mol. The van der Waals surface area contributed by atoms with Crippen LogP contribution in [-0.2, 0) is 4.74 Å². The van der Waals surface area contributed by atoms with Gasteiger partial charge in [0, 0.05) is 7.11 Å². The minimum atomic E-state index is 0.0526. The summed E-state index contributed by atoms with van der Waals surface area (Å²) in [5.74, 6) is 0.837. The highest BCUT2D eigenvalue weighted by molar-refractivity contribution is 4.68. The van der Waals surface area contributed by atoms with Crippen LogP contribution in [0.5, 0.6) is 0 Å². The second kappa shape index (κ2) is 8.12. The van der Waals surface area contributed by atoms with Gasteiger partial charge in [0.25, 0.3) is 0 Å². The molecule has 0 aliphatic rings. The summed E-state index contributed by atoms with van der Waals surface area (Å²) >= 11 is 0. The second-order valence-electron chi connectivity index (χ2n) is 5.25. The van der Waals surface area contributed by atoms with E-state index in [1.165, 1.54) is 32.1 Å². The SMILES string of the molecule is COC(C)(C)CCCC(C)CCCCN. The van der Waals surface area contributed by atoms with E-state index >= 15 is 0 Å². The zero-order chi connectivity index (χ0) is 11.7. The summed E-state index contributed by atoms with van der Waals surface area (Å²) in [6, 6.07) is 0. The maximum absolute atomic E-state index is 5.47. The molecule has 2 nitrogen and oxygen atoms in total. The van der Waals surface area contributed by atoms with Crippen LogP contribution in [0.2, 0.25) is 0 Å². The molecule has 0 aromatic heterocycles. The fourth-order valence-corrected chi connectivity index (χ4v) is 1.76. The molecule has 0 saturated heterocycles. The summed E-state index contributed by atoms with van der Waals surface area (Å²) in [5, 5.41) is 0. The smallest absolute Gasteiger partial charge is 0.0622 e. The van der Waals surface area contributed by atoms with E-state index in [1.807, 2.05) is 0 Å². The molecule has 0 radical (unpaired) electrons. The molecule has 0 aromatic carbocycles. The van der Waals surface area contributed by atoms with E-state index in [4.69, 9.17) is 10.5 Å². The molecule has 0 bridgehead atoms. The lowest BCUT2D eigenvalue weighted by molar-refractivity contribution is 0.0127. The van der Waals surface area contributed by atoms with Gasteiger partial charge < -0.3 is 10.5 Å². The molecule has 0 aliphatic heterocycles. The van der Waals surface area contributed by atoms with Gasteiger partial charge >= 0.3 is 0 Å². The van der Waals surface area contributed by atoms with Crippen LogP contribution in [0, 0.1) is 5.92 Å². The molecule has 0 saturated carbocycles. The summed E-state index contributed by atoms with van der Waals surface area (Å²) < 4.78 is 5.40. The monoisotopic (exact) mass is 215 g/mol. The molecule has 0 rings (SSSR count). The Morgan fingerprint density at radius 2 is 1.73 bits per heavy atom. The van der Waals surface area contributed by atoms with Crippen molar-refractivity contribution in [2.24, 2.45) is 11.7 Å². The zero-order valence-electron chi connectivity index (χ0n) is 11.0. The van der Waals surface area contributed by atoms with Gasteiger partial charge in [-0.2, -0.15) is 0 Å². The van der Waals surface area contributed by atoms with Crippen molar-refractivity contribution in [2.45, 2.75) is 64.9 Å². The molecule has 0 spiro atoms. The van der Waals surface area contributed by atoms with Crippen molar-refractivity contribution in [1.82, 2.24) is 0 Å². The first kappa shape index (κ1) is 14.9. The first-order chi connectivity index (χ1) is 7.02. The molecule has 0 heterocycles. The van der Waals surface area contributed by atoms with Gasteiger partial charge in [-0.3, -0.25) is 0 Å². The van der Waals surface area contributed by atoms with Crippen LogP contribution in [0.15, 0.2) is 0 Å². The highest BCUT2D eigenvalue weighted by Gasteiger charge is 2.15. The lowest BCUT2D eigenvalue weighted by Crippen LogP contribution is -2.22. The summed E-state index contributed by atoms with van der Waals surface area (Å²) in [6.45, 7) is 7.50. The van der Waals surface area contributed by atoms with Crippen molar-refractivity contribution in [3.8, 4) is 0 Å². The Morgan fingerprint density at radius 1 is 1.13 bits per heavy atom. The number of hydrogen-bond donors (Lipinski definition) is 1. The third-order valence-electron chi connectivity index (χ3n) is 3.18. The third kappa shape index (κ3) is 8.88. The van der Waals surface area contributed by atoms with Crippen LogP contribution in [-0.4, -0.2) is 19.3 Å². The Labute approximate surface area is 95.6 Å². The quantitative estimate of drug-likeness (QED) is 0.599. The Hall–Kier alpha value is -0.0800. The summed E-state index contributed by atoms with van der Waals surface area (Å²) in [5.41, 5.74) is 5.53. The Bertz CT molecular complexity index is 145. The van der Waals surface area contributed by atoms with E-state index in [0.29, 0.717) is 0 Å². The molecule has 1 atom stereocenters. The molecule has 0 amide bonds. The van der Waals surface area contributed by atoms with Crippen LogP contribution < -0.4 is 5.73 Å². The van der Waals surface area contributed by atoms with Gasteiger partial charge in [-0.1, -0.05) is 32.6 Å². The van der Waals surface area contributed by atoms with Crippen molar-refractivity contribution >= 4 is 0 Å². The van der Waals surface area contributed by atoms with Gasteiger partial charge in [-0.15, -0.1) is 0 Å². The van der Waals surface area contributed by atoms with Crippen LogP contribution in [0.4, 0.5) is 0 Å². The van der Waals surface area contributed by atoms with Gasteiger partial charge in [0.15, 0.2) is 0 Å². The first-order valence-electron chi connectivity index (χ1n) is 6.27. The summed E-state index contributed by atoms with van der Waals surface area (Å²) in [4.78, 5) is 0. The minimum Gasteiger partial charge on any atom is -0.379 e. The van der Waals surface area contributed by atoms with E-state index in [9.17, 15) is 0 Å². The fraction of sp³-hybridized carbons (Fsp3) is 1.00. The van der Waals surface area contributed by atoms with Crippen molar-refractivity contribution in [1.29, 1.82) is 0 Å². The van der Waals surface area contributed by atoms with E-state index in [0.717, 1.165) is 18.9 Å². The van der Waals surface area contributed by atoms with Crippen LogP contribution in [0.3, 0.4) is 0 Å². The molecular formula is C13H29NO. The van der Waals surface area contributed by atoms with Crippen molar-refractivity contribution in [3.63, 3.8) is 0 Å². The number of methoxy groups -OCH3 is 1. The fourth-order valence-electron chi connectivity index (χ4n) is 1.76. The predicted octanol–water partition coefficient (Wildman–Crippen LogP) is 3.35. The van der Waals surface area contributed by atoms with Crippen molar-refractivity contribution in [2.75, 3.05) is 13.7 Å². The summed E-state index contributed by atoms with van der Waals surface area (Å²) in [7, 11) is 1.80. The lowest BCUT2D eigenvalue weighted by atomic mass is 9.94. The largest absolute Gasteiger partial charge is 0.379 e. The highest BCUT2D eigenvalue weighted by Crippen LogP contribution is 2.21. The van der Waals surface area contributed by atoms with Crippen LogP contribution in [0.1, 0.15) is 59.3 Å². The standard InChI is InChI=1S/C13H29NO/c1-12(8-5-6-11-14)9-7-10-13(2,3)15-4/h12H,5-11,14H2,1-4H3. The summed E-state index contributed by atoms with van der Waals surface area (Å²) in [6.07, 6.45) is 7.52. The molecule has 0 aliphatic carbocycles. The number of hydrogen-bond acceptors (Lipinski definition) is 2. The van der Waals surface area contributed by atoms with Gasteiger partial charge in [-0.25, -0.2) is 0 Å². The van der Waals surface area contributed by atoms with Gasteiger partial charge in [0.1, 0.15) is 0 Å². The number of rotatable bonds is 9. The van der Waals surface area contributed by atoms with Crippen LogP contribution >= 0.6 is 0 Å².